The summed E-state index contributed by atoms with van der Waals surface area (Å²) in [5.41, 5.74) is 2.72. The van der Waals surface area contributed by atoms with Crippen LogP contribution in [-0.4, -0.2) is 23.4 Å². The molecule has 0 aliphatic heterocycles. The predicted octanol–water partition coefficient (Wildman–Crippen LogP) is 3.87. The van der Waals surface area contributed by atoms with Crippen LogP contribution in [-0.2, 0) is 11.2 Å². The zero-order valence-corrected chi connectivity index (χ0v) is 17.0. The summed E-state index contributed by atoms with van der Waals surface area (Å²) in [5.74, 6) is -0.658. The average molecular weight is 409 g/mol. The van der Waals surface area contributed by atoms with Crippen molar-refractivity contribution in [3.63, 3.8) is 0 Å². The van der Waals surface area contributed by atoms with Crippen molar-refractivity contribution in [2.45, 2.75) is 30.8 Å². The first kappa shape index (κ1) is 20.4. The summed E-state index contributed by atoms with van der Waals surface area (Å²) >= 11 is 0. The van der Waals surface area contributed by atoms with Crippen LogP contribution in [0.4, 0.5) is 0 Å². The van der Waals surface area contributed by atoms with Gasteiger partial charge >= 0.3 is 0 Å². The van der Waals surface area contributed by atoms with E-state index in [0.29, 0.717) is 24.8 Å². The molecule has 3 aromatic rings. The molecule has 5 nitrogen and oxygen atoms in total. The van der Waals surface area contributed by atoms with Crippen LogP contribution < -0.4 is 10.6 Å². The van der Waals surface area contributed by atoms with Gasteiger partial charge in [-0.2, -0.15) is 5.26 Å². The molecule has 31 heavy (non-hydrogen) atoms. The van der Waals surface area contributed by atoms with Crippen LogP contribution >= 0.6 is 0 Å². The molecule has 154 valence electrons. The maximum Gasteiger partial charge on any atom is 0.251 e. The Morgan fingerprint density at radius 3 is 2.03 bits per heavy atom. The highest BCUT2D eigenvalue weighted by molar-refractivity contribution is 5.98. The van der Waals surface area contributed by atoms with Crippen LogP contribution in [0.15, 0.2) is 84.9 Å². The van der Waals surface area contributed by atoms with Gasteiger partial charge in [0.1, 0.15) is 11.6 Å². The monoisotopic (exact) mass is 409 g/mol. The van der Waals surface area contributed by atoms with Gasteiger partial charge in [-0.3, -0.25) is 9.59 Å². The van der Waals surface area contributed by atoms with Crippen molar-refractivity contribution in [2.24, 2.45) is 0 Å². The first-order valence-electron chi connectivity index (χ1n) is 10.3. The lowest BCUT2D eigenvalue weighted by Gasteiger charge is -2.20. The number of nitriles is 1. The largest absolute Gasteiger partial charge is 0.340 e. The maximum absolute atomic E-state index is 12.9. The van der Waals surface area contributed by atoms with Gasteiger partial charge < -0.3 is 10.6 Å². The van der Waals surface area contributed by atoms with E-state index < -0.39 is 11.6 Å². The topological polar surface area (TPSA) is 82.0 Å². The quantitative estimate of drug-likeness (QED) is 0.622. The van der Waals surface area contributed by atoms with Gasteiger partial charge in [0, 0.05) is 12.0 Å². The van der Waals surface area contributed by atoms with Crippen molar-refractivity contribution >= 4 is 11.8 Å². The summed E-state index contributed by atoms with van der Waals surface area (Å²) in [5, 5.41) is 15.0. The van der Waals surface area contributed by atoms with E-state index in [4.69, 9.17) is 0 Å². The van der Waals surface area contributed by atoms with Crippen LogP contribution in [0.25, 0.3) is 11.1 Å². The molecule has 0 heterocycles. The van der Waals surface area contributed by atoms with Gasteiger partial charge in [-0.1, -0.05) is 72.8 Å². The molecule has 0 aromatic heterocycles. The van der Waals surface area contributed by atoms with Gasteiger partial charge in [-0.25, -0.2) is 0 Å². The second kappa shape index (κ2) is 8.85. The fourth-order valence-corrected chi connectivity index (χ4v) is 3.46. The third-order valence-electron chi connectivity index (χ3n) is 5.49. The molecule has 1 aliphatic rings. The molecule has 2 N–H and O–H groups in total. The van der Waals surface area contributed by atoms with Crippen LogP contribution in [0.1, 0.15) is 28.8 Å². The van der Waals surface area contributed by atoms with E-state index in [-0.39, 0.29) is 11.8 Å². The summed E-state index contributed by atoms with van der Waals surface area (Å²) < 4.78 is 0. The van der Waals surface area contributed by atoms with Gasteiger partial charge in [0.05, 0.1) is 6.07 Å². The SMILES string of the molecule is N#CC1(NC(=O)[C@H](Cc2ccccc2)NC(=O)c2ccc(-c3ccccc3)cc2)CC1. The molecule has 0 saturated heterocycles. The number of nitrogens with one attached hydrogen (secondary N) is 2. The lowest BCUT2D eigenvalue weighted by atomic mass is 10.0. The van der Waals surface area contributed by atoms with Gasteiger partial charge in [-0.05, 0) is 41.7 Å². The average Bonchev–Trinajstić information content (AvgIpc) is 3.60. The Balaban J connectivity index is 1.49. The van der Waals surface area contributed by atoms with Gasteiger partial charge in [0.2, 0.25) is 5.91 Å². The van der Waals surface area contributed by atoms with E-state index in [1.165, 1.54) is 0 Å². The van der Waals surface area contributed by atoms with E-state index in [1.54, 1.807) is 12.1 Å². The summed E-state index contributed by atoms with van der Waals surface area (Å²) in [6.45, 7) is 0. The van der Waals surface area contributed by atoms with Gasteiger partial charge in [0.25, 0.3) is 5.91 Å². The zero-order chi connectivity index (χ0) is 21.7. The molecular weight excluding hydrogens is 386 g/mol. The highest BCUT2D eigenvalue weighted by atomic mass is 16.2. The molecule has 3 aromatic carbocycles. The summed E-state index contributed by atoms with van der Waals surface area (Å²) in [6, 6.07) is 28.1. The number of amides is 2. The molecular formula is C26H23N3O2. The van der Waals surface area contributed by atoms with Gasteiger partial charge in [0.15, 0.2) is 0 Å². The molecule has 1 atom stereocenters. The Morgan fingerprint density at radius 1 is 0.871 bits per heavy atom. The van der Waals surface area contributed by atoms with E-state index in [0.717, 1.165) is 16.7 Å². The standard InChI is InChI=1S/C26H23N3O2/c27-18-26(15-16-26)29-25(31)23(17-19-7-3-1-4-8-19)28-24(30)22-13-11-21(12-14-22)20-9-5-2-6-10-20/h1-14,23H,15-17H2,(H,28,30)(H,29,31)/t23-/m0/s1. The van der Waals surface area contributed by atoms with Crippen molar-refractivity contribution in [1.82, 2.24) is 10.6 Å². The first-order valence-corrected chi connectivity index (χ1v) is 10.3. The smallest absolute Gasteiger partial charge is 0.251 e. The number of carbonyl (C=O) groups is 2. The van der Waals surface area contributed by atoms with E-state index >= 15 is 0 Å². The minimum absolute atomic E-state index is 0.322. The number of carbonyl (C=O) groups excluding carboxylic acids is 2. The fraction of sp³-hybridized carbons (Fsp3) is 0.192. The number of benzene rings is 3. The van der Waals surface area contributed by atoms with Crippen LogP contribution in [0.2, 0.25) is 0 Å². The molecule has 0 bridgehead atoms. The Kier molecular flexibility index (Phi) is 5.81. The Labute approximate surface area is 181 Å². The maximum atomic E-state index is 12.9. The molecule has 1 saturated carbocycles. The molecule has 1 fully saturated rings. The molecule has 1 aliphatic carbocycles. The van der Waals surface area contributed by atoms with Crippen LogP contribution in [0.3, 0.4) is 0 Å². The highest BCUT2D eigenvalue weighted by Gasteiger charge is 2.45. The Hall–Kier alpha value is -3.91. The molecule has 0 unspecified atom stereocenters. The molecule has 0 spiro atoms. The van der Waals surface area contributed by atoms with Crippen molar-refractivity contribution in [3.05, 3.63) is 96.1 Å². The lowest BCUT2D eigenvalue weighted by Crippen LogP contribution is -2.51. The Bertz CT molecular complexity index is 1100. The van der Waals surface area contributed by atoms with Crippen molar-refractivity contribution in [2.75, 3.05) is 0 Å². The van der Waals surface area contributed by atoms with Crippen LogP contribution in [0.5, 0.6) is 0 Å². The zero-order valence-electron chi connectivity index (χ0n) is 17.0. The number of nitrogens with zero attached hydrogens (tertiary/aromatic N) is 1. The fourth-order valence-electron chi connectivity index (χ4n) is 3.46. The minimum Gasteiger partial charge on any atom is -0.340 e. The van der Waals surface area contributed by atoms with E-state index in [2.05, 4.69) is 16.7 Å². The number of rotatable bonds is 7. The molecule has 5 heteroatoms. The van der Waals surface area contributed by atoms with E-state index in [9.17, 15) is 14.9 Å². The normalized spacial score (nSPS) is 14.7. The summed E-state index contributed by atoms with van der Waals surface area (Å²) in [7, 11) is 0. The molecule has 0 radical (unpaired) electrons. The van der Waals surface area contributed by atoms with E-state index in [1.807, 2.05) is 72.8 Å². The first-order chi connectivity index (χ1) is 15.1. The van der Waals surface area contributed by atoms with Crippen molar-refractivity contribution in [1.29, 1.82) is 5.26 Å². The van der Waals surface area contributed by atoms with Gasteiger partial charge in [-0.15, -0.1) is 0 Å². The second-order valence-electron chi connectivity index (χ2n) is 7.84. The third-order valence-corrected chi connectivity index (χ3v) is 5.49. The predicted molar refractivity (Wildman–Crippen MR) is 119 cm³/mol. The highest BCUT2D eigenvalue weighted by Crippen LogP contribution is 2.34. The summed E-state index contributed by atoms with van der Waals surface area (Å²) in [6.07, 6.45) is 1.63. The number of hydrogen-bond donors (Lipinski definition) is 2. The second-order valence-corrected chi connectivity index (χ2v) is 7.84. The minimum atomic E-state index is -0.784. The van der Waals surface area contributed by atoms with Crippen LogP contribution in [0, 0.1) is 11.3 Å². The lowest BCUT2D eigenvalue weighted by molar-refractivity contribution is -0.123. The summed E-state index contributed by atoms with van der Waals surface area (Å²) in [4.78, 5) is 25.8. The molecule has 4 rings (SSSR count). The number of hydrogen-bond acceptors (Lipinski definition) is 3. The Morgan fingerprint density at radius 2 is 1.45 bits per heavy atom. The molecule has 2 amide bonds. The van der Waals surface area contributed by atoms with Crippen molar-refractivity contribution in [3.8, 4) is 17.2 Å². The van der Waals surface area contributed by atoms with Crippen molar-refractivity contribution < 1.29 is 9.59 Å². The third kappa shape index (κ3) is 4.99.